The van der Waals surface area contributed by atoms with Crippen LogP contribution in [0.1, 0.15) is 56.7 Å². The molecule has 2 atom stereocenters. The normalized spacial score (nSPS) is 12.7. The van der Waals surface area contributed by atoms with E-state index in [9.17, 15) is 23.5 Å². The van der Waals surface area contributed by atoms with Crippen LogP contribution >= 0.6 is 0 Å². The number of rotatable bonds is 15. The summed E-state index contributed by atoms with van der Waals surface area (Å²) in [5.74, 6) is -2.28. The first-order valence-electron chi connectivity index (χ1n) is 12.7. The van der Waals surface area contributed by atoms with Crippen LogP contribution in [0.5, 0.6) is 0 Å². The highest BCUT2D eigenvalue weighted by molar-refractivity contribution is 5.97. The van der Waals surface area contributed by atoms with Crippen LogP contribution in [-0.4, -0.2) is 53.6 Å². The van der Waals surface area contributed by atoms with E-state index >= 15 is 0 Å². The van der Waals surface area contributed by atoms with Gasteiger partial charge in [-0.15, -0.1) is 0 Å². The third kappa shape index (κ3) is 10.0. The second-order valence-corrected chi connectivity index (χ2v) is 9.09. The number of nitrogens with one attached hydrogen (secondary N) is 2. The van der Waals surface area contributed by atoms with Crippen molar-refractivity contribution in [3.63, 3.8) is 0 Å². The summed E-state index contributed by atoms with van der Waals surface area (Å²) in [4.78, 5) is 27.0. The minimum Gasteiger partial charge on any atom is -0.390 e. The van der Waals surface area contributed by atoms with Gasteiger partial charge >= 0.3 is 0 Å². The second-order valence-electron chi connectivity index (χ2n) is 9.09. The first-order chi connectivity index (χ1) is 17.2. The molecular weight excluding hydrogens is 464 g/mol. The molecule has 0 spiro atoms. The largest absolute Gasteiger partial charge is 0.390 e. The van der Waals surface area contributed by atoms with E-state index in [1.54, 1.807) is 4.90 Å². The zero-order valence-corrected chi connectivity index (χ0v) is 21.5. The molecule has 36 heavy (non-hydrogen) atoms. The summed E-state index contributed by atoms with van der Waals surface area (Å²) < 4.78 is 27.5. The Morgan fingerprint density at radius 1 is 0.944 bits per heavy atom. The van der Waals surface area contributed by atoms with Crippen molar-refractivity contribution in [2.24, 2.45) is 0 Å². The van der Waals surface area contributed by atoms with Gasteiger partial charge < -0.3 is 20.6 Å². The van der Waals surface area contributed by atoms with Crippen molar-refractivity contribution in [3.8, 4) is 0 Å². The van der Waals surface area contributed by atoms with Gasteiger partial charge in [-0.3, -0.25) is 9.59 Å². The van der Waals surface area contributed by atoms with Crippen LogP contribution in [0.25, 0.3) is 0 Å². The minimum absolute atomic E-state index is 0.0103. The Morgan fingerprint density at radius 3 is 2.19 bits per heavy atom. The van der Waals surface area contributed by atoms with Crippen molar-refractivity contribution < 1.29 is 23.5 Å². The van der Waals surface area contributed by atoms with Gasteiger partial charge in [0.25, 0.3) is 0 Å². The highest BCUT2D eigenvalue weighted by Crippen LogP contribution is 2.13. The molecule has 0 heterocycles. The van der Waals surface area contributed by atoms with E-state index in [0.29, 0.717) is 25.2 Å². The summed E-state index contributed by atoms with van der Waals surface area (Å²) in [6.07, 6.45) is 1.10. The van der Waals surface area contributed by atoms with Crippen LogP contribution < -0.4 is 10.6 Å². The third-order valence-corrected chi connectivity index (χ3v) is 5.92. The van der Waals surface area contributed by atoms with Gasteiger partial charge in [0.1, 0.15) is 18.1 Å². The zero-order chi connectivity index (χ0) is 26.5. The highest BCUT2D eigenvalue weighted by atomic mass is 19.1. The minimum atomic E-state index is -1.05. The Kier molecular flexibility index (Phi) is 12.5. The lowest BCUT2D eigenvalue weighted by atomic mass is 10.00. The van der Waals surface area contributed by atoms with Crippen LogP contribution in [0.3, 0.4) is 0 Å². The number of hydrogen-bond acceptors (Lipinski definition) is 4. The first kappa shape index (κ1) is 29.4. The van der Waals surface area contributed by atoms with Crippen molar-refractivity contribution in [2.45, 2.75) is 71.6 Å². The average Bonchev–Trinajstić information content (AvgIpc) is 2.83. The SMILES string of the molecule is CCCN(CCC)C(=O)CC(=O)N[C@@H](Cc1cc(F)cc(F)c1)[C@H](O)CNCc1cccc(CC)c1. The van der Waals surface area contributed by atoms with E-state index in [4.69, 9.17) is 0 Å². The molecule has 2 aromatic carbocycles. The Hall–Kier alpha value is -2.84. The van der Waals surface area contributed by atoms with E-state index in [1.807, 2.05) is 32.0 Å². The lowest BCUT2D eigenvalue weighted by Gasteiger charge is -2.26. The smallest absolute Gasteiger partial charge is 0.232 e. The topological polar surface area (TPSA) is 81.7 Å². The summed E-state index contributed by atoms with van der Waals surface area (Å²) in [5, 5.41) is 16.8. The fourth-order valence-corrected chi connectivity index (χ4v) is 4.14. The predicted molar refractivity (Wildman–Crippen MR) is 137 cm³/mol. The third-order valence-electron chi connectivity index (χ3n) is 5.92. The van der Waals surface area contributed by atoms with Gasteiger partial charge in [-0.2, -0.15) is 0 Å². The second kappa shape index (κ2) is 15.3. The summed E-state index contributed by atoms with van der Waals surface area (Å²) >= 11 is 0. The average molecular weight is 504 g/mol. The molecular formula is C28H39F2N3O3. The van der Waals surface area contributed by atoms with Gasteiger partial charge in [-0.1, -0.05) is 45.0 Å². The number of carbonyl (C=O) groups excluding carboxylic acids is 2. The van der Waals surface area contributed by atoms with Gasteiger partial charge in [0.05, 0.1) is 12.1 Å². The number of carbonyl (C=O) groups is 2. The Balaban J connectivity index is 2.07. The Labute approximate surface area is 213 Å². The van der Waals surface area contributed by atoms with Crippen LogP contribution in [0, 0.1) is 11.6 Å². The van der Waals surface area contributed by atoms with Gasteiger partial charge in [0, 0.05) is 32.2 Å². The number of aliphatic hydroxyl groups is 1. The van der Waals surface area contributed by atoms with Crippen molar-refractivity contribution in [3.05, 3.63) is 70.8 Å². The summed E-state index contributed by atoms with van der Waals surface area (Å²) in [6.45, 7) is 7.80. The summed E-state index contributed by atoms with van der Waals surface area (Å²) in [6, 6.07) is 10.4. The molecule has 0 aliphatic carbocycles. The van der Waals surface area contributed by atoms with Crippen LogP contribution in [0.2, 0.25) is 0 Å². The Bertz CT molecular complexity index is 960. The molecule has 2 aromatic rings. The molecule has 0 unspecified atom stereocenters. The lowest BCUT2D eigenvalue weighted by Crippen LogP contribution is -2.49. The molecule has 0 aliphatic rings. The fourth-order valence-electron chi connectivity index (χ4n) is 4.14. The van der Waals surface area contributed by atoms with Crippen molar-refractivity contribution in [2.75, 3.05) is 19.6 Å². The molecule has 3 N–H and O–H groups in total. The number of halogens is 2. The Morgan fingerprint density at radius 2 is 1.58 bits per heavy atom. The maximum atomic E-state index is 13.7. The lowest BCUT2D eigenvalue weighted by molar-refractivity contribution is -0.136. The van der Waals surface area contributed by atoms with Crippen molar-refractivity contribution >= 4 is 11.8 Å². The van der Waals surface area contributed by atoms with E-state index in [0.717, 1.165) is 30.9 Å². The van der Waals surface area contributed by atoms with Gasteiger partial charge in [-0.05, 0) is 54.5 Å². The molecule has 0 fully saturated rings. The predicted octanol–water partition coefficient (Wildman–Crippen LogP) is 3.74. The van der Waals surface area contributed by atoms with Crippen LogP contribution in [0.15, 0.2) is 42.5 Å². The number of amides is 2. The molecule has 6 nitrogen and oxygen atoms in total. The van der Waals surface area contributed by atoms with E-state index in [1.165, 1.54) is 17.7 Å². The maximum Gasteiger partial charge on any atom is 0.232 e. The zero-order valence-electron chi connectivity index (χ0n) is 21.5. The van der Waals surface area contributed by atoms with Gasteiger partial charge in [0.2, 0.25) is 11.8 Å². The fraction of sp³-hybridized carbons (Fsp3) is 0.500. The maximum absolute atomic E-state index is 13.7. The molecule has 0 aliphatic heterocycles. The monoisotopic (exact) mass is 503 g/mol. The molecule has 0 saturated carbocycles. The van der Waals surface area contributed by atoms with Gasteiger partial charge in [-0.25, -0.2) is 8.78 Å². The molecule has 0 radical (unpaired) electrons. The van der Waals surface area contributed by atoms with E-state index in [-0.39, 0.29) is 25.3 Å². The number of aliphatic hydroxyl groups excluding tert-OH is 1. The number of aryl methyl sites for hydroxylation is 1. The number of nitrogens with zero attached hydrogens (tertiary/aromatic N) is 1. The van der Waals surface area contributed by atoms with Crippen molar-refractivity contribution in [1.82, 2.24) is 15.5 Å². The molecule has 2 amide bonds. The first-order valence-corrected chi connectivity index (χ1v) is 12.7. The number of hydrogen-bond donors (Lipinski definition) is 3. The molecule has 0 bridgehead atoms. The summed E-state index contributed by atoms with van der Waals surface area (Å²) in [7, 11) is 0. The van der Waals surface area contributed by atoms with E-state index in [2.05, 4.69) is 23.6 Å². The molecule has 8 heteroatoms. The van der Waals surface area contributed by atoms with Gasteiger partial charge in [0.15, 0.2) is 0 Å². The molecule has 198 valence electrons. The van der Waals surface area contributed by atoms with Crippen molar-refractivity contribution in [1.29, 1.82) is 0 Å². The molecule has 0 aromatic heterocycles. The highest BCUT2D eigenvalue weighted by Gasteiger charge is 2.24. The summed E-state index contributed by atoms with van der Waals surface area (Å²) in [5.41, 5.74) is 2.57. The van der Waals surface area contributed by atoms with Crippen LogP contribution in [0.4, 0.5) is 8.78 Å². The molecule has 0 saturated heterocycles. The number of benzene rings is 2. The standard InChI is InChI=1S/C28H39F2N3O3/c1-4-10-33(11-5-2)28(36)17-27(35)32-25(15-22-13-23(29)16-24(30)14-22)26(34)19-31-18-21-9-7-8-20(6-3)12-21/h7-9,12-14,16,25-26,31,34H,4-6,10-11,15,17-19H2,1-3H3,(H,32,35)/t25-,26+/m0/s1. The van der Waals surface area contributed by atoms with E-state index < -0.39 is 29.7 Å². The van der Waals surface area contributed by atoms with Crippen LogP contribution in [-0.2, 0) is 29.0 Å². The quantitative estimate of drug-likeness (QED) is 0.324. The molecule has 2 rings (SSSR count).